The summed E-state index contributed by atoms with van der Waals surface area (Å²) >= 11 is 0. The molecule has 1 aromatic heterocycles. The van der Waals surface area contributed by atoms with E-state index in [1.54, 1.807) is 25.4 Å². The maximum absolute atomic E-state index is 13.5. The monoisotopic (exact) mass is 335 g/mol. The van der Waals surface area contributed by atoms with E-state index in [9.17, 15) is 13.4 Å². The van der Waals surface area contributed by atoms with Crippen molar-refractivity contribution in [3.05, 3.63) is 54.1 Å². The van der Waals surface area contributed by atoms with E-state index >= 15 is 0 Å². The van der Waals surface area contributed by atoms with E-state index in [0.717, 1.165) is 16.7 Å². The van der Waals surface area contributed by atoms with Crippen LogP contribution in [0, 0.1) is 5.82 Å². The number of carbonyl (C=O) groups is 1. The zero-order chi connectivity index (χ0) is 17.0. The Morgan fingerprint density at radius 3 is 2.52 bits per heavy atom. The number of hydrogen-bond donors (Lipinski definition) is 1. The number of urea groups is 1. The van der Waals surface area contributed by atoms with Crippen LogP contribution in [0.2, 0.25) is 0 Å². The molecule has 5 nitrogen and oxygen atoms in total. The SMILES string of the molecule is C[C@@H](c1ccc([S@](C)=O)cc1)N(C)C(=O)Nc1ccncc1F. The molecule has 0 aliphatic heterocycles. The van der Waals surface area contributed by atoms with Gasteiger partial charge in [-0.05, 0) is 30.7 Å². The van der Waals surface area contributed by atoms with Gasteiger partial charge in [-0.1, -0.05) is 12.1 Å². The number of benzene rings is 1. The molecule has 0 saturated heterocycles. The molecule has 1 heterocycles. The molecule has 0 unspecified atom stereocenters. The highest BCUT2D eigenvalue weighted by atomic mass is 32.2. The number of nitrogens with zero attached hydrogens (tertiary/aromatic N) is 2. The number of rotatable bonds is 4. The van der Waals surface area contributed by atoms with Gasteiger partial charge in [0, 0.05) is 35.2 Å². The molecule has 0 spiro atoms. The van der Waals surface area contributed by atoms with Gasteiger partial charge < -0.3 is 10.2 Å². The Hall–Kier alpha value is -2.28. The molecular weight excluding hydrogens is 317 g/mol. The van der Waals surface area contributed by atoms with Gasteiger partial charge in [-0.15, -0.1) is 0 Å². The Kier molecular flexibility index (Phi) is 5.44. The minimum absolute atomic E-state index is 0.0841. The first-order valence-corrected chi connectivity index (χ1v) is 8.52. The van der Waals surface area contributed by atoms with Gasteiger partial charge in [0.25, 0.3) is 0 Å². The second-order valence-electron chi connectivity index (χ2n) is 5.10. The molecule has 0 bridgehead atoms. The first kappa shape index (κ1) is 17.1. The van der Waals surface area contributed by atoms with Crippen LogP contribution in [0.4, 0.5) is 14.9 Å². The molecule has 122 valence electrons. The number of hydrogen-bond acceptors (Lipinski definition) is 3. The second-order valence-corrected chi connectivity index (χ2v) is 6.48. The molecular formula is C16H18FN3O2S. The van der Waals surface area contributed by atoms with Gasteiger partial charge in [0.1, 0.15) is 0 Å². The third-order valence-corrected chi connectivity index (χ3v) is 4.55. The van der Waals surface area contributed by atoms with Crippen LogP contribution in [0.1, 0.15) is 18.5 Å². The molecule has 2 aromatic rings. The lowest BCUT2D eigenvalue weighted by Crippen LogP contribution is -2.33. The smallest absolute Gasteiger partial charge is 0.321 e. The van der Waals surface area contributed by atoms with Crippen molar-refractivity contribution in [1.82, 2.24) is 9.88 Å². The maximum atomic E-state index is 13.5. The van der Waals surface area contributed by atoms with Crippen molar-refractivity contribution in [2.75, 3.05) is 18.6 Å². The summed E-state index contributed by atoms with van der Waals surface area (Å²) in [4.78, 5) is 18.1. The molecule has 2 amide bonds. The largest absolute Gasteiger partial charge is 0.322 e. The summed E-state index contributed by atoms with van der Waals surface area (Å²) in [6.45, 7) is 1.86. The molecule has 1 N–H and O–H groups in total. The number of nitrogens with one attached hydrogen (secondary N) is 1. The van der Waals surface area contributed by atoms with Crippen molar-refractivity contribution < 1.29 is 13.4 Å². The Balaban J connectivity index is 2.09. The molecule has 0 fully saturated rings. The van der Waals surface area contributed by atoms with Crippen LogP contribution in [0.5, 0.6) is 0 Å². The molecule has 2 atom stereocenters. The van der Waals surface area contributed by atoms with Crippen molar-refractivity contribution in [1.29, 1.82) is 0 Å². The van der Waals surface area contributed by atoms with Crippen LogP contribution in [-0.4, -0.2) is 33.4 Å². The Labute approximate surface area is 137 Å². The Bertz CT molecular complexity index is 722. The summed E-state index contributed by atoms with van der Waals surface area (Å²) in [5, 5.41) is 2.51. The highest BCUT2D eigenvalue weighted by Crippen LogP contribution is 2.21. The Morgan fingerprint density at radius 1 is 1.30 bits per heavy atom. The molecule has 0 saturated carbocycles. The zero-order valence-corrected chi connectivity index (χ0v) is 13.9. The first-order chi connectivity index (χ1) is 10.9. The van der Waals surface area contributed by atoms with Gasteiger partial charge in [0.15, 0.2) is 5.82 Å². The maximum Gasteiger partial charge on any atom is 0.322 e. The lowest BCUT2D eigenvalue weighted by molar-refractivity contribution is 0.208. The van der Waals surface area contributed by atoms with E-state index in [-0.39, 0.29) is 11.7 Å². The third-order valence-electron chi connectivity index (χ3n) is 3.61. The van der Waals surface area contributed by atoms with Crippen molar-refractivity contribution in [2.45, 2.75) is 17.9 Å². The summed E-state index contributed by atoms with van der Waals surface area (Å²) in [5.74, 6) is -0.586. The van der Waals surface area contributed by atoms with Crippen LogP contribution < -0.4 is 5.32 Å². The molecule has 0 aliphatic rings. The Morgan fingerprint density at radius 2 is 1.96 bits per heavy atom. The third kappa shape index (κ3) is 4.13. The lowest BCUT2D eigenvalue weighted by atomic mass is 10.1. The predicted molar refractivity (Wildman–Crippen MR) is 88.2 cm³/mol. The number of anilines is 1. The standard InChI is InChI=1S/C16H18FN3O2S/c1-11(12-4-6-13(7-5-12)23(3)22)20(2)16(21)19-15-8-9-18-10-14(15)17/h4-11H,1-3H3,(H,18,19,21)/t11-,23-/m0/s1. The summed E-state index contributed by atoms with van der Waals surface area (Å²) in [6, 6.07) is 7.96. The molecule has 1 aromatic carbocycles. The minimum Gasteiger partial charge on any atom is -0.321 e. The van der Waals surface area contributed by atoms with Crippen LogP contribution in [0.3, 0.4) is 0 Å². The van der Waals surface area contributed by atoms with Gasteiger partial charge in [0.05, 0.1) is 17.9 Å². The summed E-state index contributed by atoms with van der Waals surface area (Å²) in [7, 11) is 0.590. The lowest BCUT2D eigenvalue weighted by Gasteiger charge is -2.25. The number of amides is 2. The van der Waals surface area contributed by atoms with Crippen molar-refractivity contribution in [3.8, 4) is 0 Å². The van der Waals surface area contributed by atoms with Crippen molar-refractivity contribution in [3.63, 3.8) is 0 Å². The number of aromatic nitrogens is 1. The summed E-state index contributed by atoms with van der Waals surface area (Å²) in [6.07, 6.45) is 4.07. The van der Waals surface area contributed by atoms with Gasteiger partial charge in [-0.25, -0.2) is 9.18 Å². The van der Waals surface area contributed by atoms with E-state index in [1.807, 2.05) is 19.1 Å². The van der Waals surface area contributed by atoms with E-state index in [1.165, 1.54) is 17.2 Å². The topological polar surface area (TPSA) is 62.3 Å². The fraction of sp³-hybridized carbons (Fsp3) is 0.250. The van der Waals surface area contributed by atoms with E-state index < -0.39 is 22.6 Å². The zero-order valence-electron chi connectivity index (χ0n) is 13.1. The van der Waals surface area contributed by atoms with E-state index in [0.29, 0.717) is 0 Å². The first-order valence-electron chi connectivity index (χ1n) is 6.97. The van der Waals surface area contributed by atoms with Gasteiger partial charge in [-0.3, -0.25) is 9.19 Å². The van der Waals surface area contributed by atoms with Crippen LogP contribution in [0.15, 0.2) is 47.6 Å². The highest BCUT2D eigenvalue weighted by molar-refractivity contribution is 7.84. The van der Waals surface area contributed by atoms with Crippen LogP contribution in [0.25, 0.3) is 0 Å². The summed E-state index contributed by atoms with van der Waals surface area (Å²) in [5.41, 5.74) is 0.979. The molecule has 7 heteroatoms. The number of pyridine rings is 1. The minimum atomic E-state index is -1.04. The van der Waals surface area contributed by atoms with Crippen LogP contribution >= 0.6 is 0 Å². The average Bonchev–Trinajstić information content (AvgIpc) is 2.55. The average molecular weight is 335 g/mol. The second kappa shape index (κ2) is 7.32. The van der Waals surface area contributed by atoms with Gasteiger partial charge in [-0.2, -0.15) is 0 Å². The number of halogens is 1. The fourth-order valence-corrected chi connectivity index (χ4v) is 2.54. The summed E-state index contributed by atoms with van der Waals surface area (Å²) < 4.78 is 24.9. The van der Waals surface area contributed by atoms with Gasteiger partial charge >= 0.3 is 6.03 Å². The van der Waals surface area contributed by atoms with E-state index in [4.69, 9.17) is 0 Å². The number of carbonyl (C=O) groups excluding carboxylic acids is 1. The van der Waals surface area contributed by atoms with Crippen LogP contribution in [-0.2, 0) is 10.8 Å². The van der Waals surface area contributed by atoms with Crippen molar-refractivity contribution >= 4 is 22.5 Å². The molecule has 0 aliphatic carbocycles. The normalized spacial score (nSPS) is 13.2. The molecule has 0 radical (unpaired) electrons. The molecule has 23 heavy (non-hydrogen) atoms. The van der Waals surface area contributed by atoms with Gasteiger partial charge in [0.2, 0.25) is 0 Å². The predicted octanol–water partition coefficient (Wildman–Crippen LogP) is 3.18. The quantitative estimate of drug-likeness (QED) is 0.933. The molecule has 2 rings (SSSR count). The fourth-order valence-electron chi connectivity index (χ4n) is 2.02. The highest BCUT2D eigenvalue weighted by Gasteiger charge is 2.18. The van der Waals surface area contributed by atoms with Crippen molar-refractivity contribution in [2.24, 2.45) is 0 Å². The van der Waals surface area contributed by atoms with E-state index in [2.05, 4.69) is 10.3 Å².